The van der Waals surface area contributed by atoms with Crippen molar-refractivity contribution in [1.82, 2.24) is 0 Å². The van der Waals surface area contributed by atoms with Crippen molar-refractivity contribution in [1.29, 1.82) is 0 Å². The maximum atomic E-state index is 12.8. The zero-order valence-electron chi connectivity index (χ0n) is 9.96. The van der Waals surface area contributed by atoms with Gasteiger partial charge >= 0.3 is 6.18 Å². The third kappa shape index (κ3) is 3.38. The largest absolute Gasteiger partial charge is 0.416 e. The number of benzene rings is 1. The third-order valence-electron chi connectivity index (χ3n) is 2.59. The molecule has 19 heavy (non-hydrogen) atoms. The highest BCUT2D eigenvalue weighted by Gasteiger charge is 2.31. The van der Waals surface area contributed by atoms with E-state index in [1.807, 2.05) is 13.0 Å². The molecule has 0 saturated carbocycles. The van der Waals surface area contributed by atoms with Crippen LogP contribution in [0, 0.1) is 0 Å². The van der Waals surface area contributed by atoms with Gasteiger partial charge in [-0.2, -0.15) is 13.2 Å². The number of alkyl halides is 3. The summed E-state index contributed by atoms with van der Waals surface area (Å²) in [5, 5.41) is 0. The second kappa shape index (κ2) is 5.26. The average Bonchev–Trinajstić information content (AvgIpc) is 2.76. The Morgan fingerprint density at radius 2 is 1.89 bits per heavy atom. The first-order valence-corrected chi connectivity index (χ1v) is 7.12. The summed E-state index contributed by atoms with van der Waals surface area (Å²) in [6.07, 6.45) is -4.35. The van der Waals surface area contributed by atoms with Crippen LogP contribution in [0.5, 0.6) is 0 Å². The van der Waals surface area contributed by atoms with E-state index in [1.165, 1.54) is 11.3 Å². The van der Waals surface area contributed by atoms with Crippen molar-refractivity contribution < 1.29 is 13.2 Å². The van der Waals surface area contributed by atoms with Gasteiger partial charge in [-0.15, -0.1) is 11.3 Å². The molecular weight excluding hydrogens is 339 g/mol. The zero-order chi connectivity index (χ0) is 14.2. The van der Waals surface area contributed by atoms with Crippen LogP contribution in [-0.4, -0.2) is 0 Å². The van der Waals surface area contributed by atoms with Crippen LogP contribution < -0.4 is 5.73 Å². The Labute approximate surface area is 121 Å². The molecule has 2 aromatic rings. The maximum absolute atomic E-state index is 12.8. The van der Waals surface area contributed by atoms with E-state index >= 15 is 0 Å². The predicted molar refractivity (Wildman–Crippen MR) is 75.1 cm³/mol. The standard InChI is InChI=1S/C13H11BrF3NS/c1-7(18)11-2-3-12(19-11)8-4-9(13(15,16)17)6-10(14)5-8/h2-7H,18H2,1H3. The van der Waals surface area contributed by atoms with Crippen LogP contribution in [0.25, 0.3) is 10.4 Å². The molecule has 0 saturated heterocycles. The fraction of sp³-hybridized carbons (Fsp3) is 0.231. The van der Waals surface area contributed by atoms with E-state index in [0.717, 1.165) is 21.9 Å². The summed E-state index contributed by atoms with van der Waals surface area (Å²) < 4.78 is 38.7. The summed E-state index contributed by atoms with van der Waals surface area (Å²) in [7, 11) is 0. The Bertz CT molecular complexity index is 590. The SMILES string of the molecule is CC(N)c1ccc(-c2cc(Br)cc(C(F)(F)F)c2)s1. The molecule has 0 aliphatic heterocycles. The van der Waals surface area contributed by atoms with Gasteiger partial charge in [-0.05, 0) is 42.8 Å². The van der Waals surface area contributed by atoms with Crippen molar-refractivity contribution in [2.24, 2.45) is 5.73 Å². The van der Waals surface area contributed by atoms with E-state index in [-0.39, 0.29) is 6.04 Å². The second-order valence-corrected chi connectivity index (χ2v) is 6.25. The normalized spacial score (nSPS) is 13.6. The van der Waals surface area contributed by atoms with Gasteiger partial charge in [0.1, 0.15) is 0 Å². The average molecular weight is 350 g/mol. The summed E-state index contributed by atoms with van der Waals surface area (Å²) in [5.74, 6) is 0. The van der Waals surface area contributed by atoms with Gasteiger partial charge in [-0.3, -0.25) is 0 Å². The molecule has 0 radical (unpaired) electrons. The van der Waals surface area contributed by atoms with Gasteiger partial charge in [-0.1, -0.05) is 15.9 Å². The van der Waals surface area contributed by atoms with Crippen LogP contribution in [0.1, 0.15) is 23.4 Å². The lowest BCUT2D eigenvalue weighted by atomic mass is 10.1. The quantitative estimate of drug-likeness (QED) is 0.790. The van der Waals surface area contributed by atoms with Crippen LogP contribution in [0.2, 0.25) is 0 Å². The van der Waals surface area contributed by atoms with Crippen LogP contribution in [-0.2, 0) is 6.18 Å². The van der Waals surface area contributed by atoms with E-state index in [2.05, 4.69) is 15.9 Å². The summed E-state index contributed by atoms with van der Waals surface area (Å²) in [6.45, 7) is 1.84. The van der Waals surface area contributed by atoms with E-state index < -0.39 is 11.7 Å². The molecular formula is C13H11BrF3NS. The second-order valence-electron chi connectivity index (χ2n) is 4.22. The highest BCUT2D eigenvalue weighted by molar-refractivity contribution is 9.10. The van der Waals surface area contributed by atoms with Crippen molar-refractivity contribution in [2.45, 2.75) is 19.1 Å². The summed E-state index contributed by atoms with van der Waals surface area (Å²) in [6, 6.07) is 7.43. The summed E-state index contributed by atoms with van der Waals surface area (Å²) in [5.41, 5.74) is 5.64. The molecule has 0 amide bonds. The molecule has 1 unspecified atom stereocenters. The Morgan fingerprint density at radius 1 is 1.21 bits per heavy atom. The molecule has 0 spiro atoms. The number of hydrogen-bond acceptors (Lipinski definition) is 2. The molecule has 0 aliphatic carbocycles. The van der Waals surface area contributed by atoms with E-state index in [1.54, 1.807) is 12.1 Å². The van der Waals surface area contributed by atoms with Gasteiger partial charge < -0.3 is 5.73 Å². The first kappa shape index (κ1) is 14.6. The smallest absolute Gasteiger partial charge is 0.324 e. The van der Waals surface area contributed by atoms with Crippen molar-refractivity contribution in [3.63, 3.8) is 0 Å². The first-order valence-electron chi connectivity index (χ1n) is 5.51. The predicted octanol–water partition coefficient (Wildman–Crippen LogP) is 5.22. The molecule has 0 fully saturated rings. The Balaban J connectivity index is 2.47. The van der Waals surface area contributed by atoms with E-state index in [4.69, 9.17) is 5.73 Å². The van der Waals surface area contributed by atoms with E-state index in [0.29, 0.717) is 10.0 Å². The van der Waals surface area contributed by atoms with Crippen molar-refractivity contribution in [3.05, 3.63) is 45.2 Å². The fourth-order valence-corrected chi connectivity index (χ4v) is 3.09. The van der Waals surface area contributed by atoms with Gasteiger partial charge in [0.2, 0.25) is 0 Å². The number of nitrogens with two attached hydrogens (primary N) is 1. The van der Waals surface area contributed by atoms with Crippen molar-refractivity contribution in [2.75, 3.05) is 0 Å². The first-order chi connectivity index (χ1) is 8.77. The number of halogens is 4. The lowest BCUT2D eigenvalue weighted by Gasteiger charge is -2.09. The monoisotopic (exact) mass is 349 g/mol. The molecule has 102 valence electrons. The fourth-order valence-electron chi connectivity index (χ4n) is 1.65. The molecule has 0 aliphatic rings. The van der Waals surface area contributed by atoms with Gasteiger partial charge in [-0.25, -0.2) is 0 Å². The Morgan fingerprint density at radius 3 is 2.42 bits per heavy atom. The third-order valence-corrected chi connectivity index (χ3v) is 4.38. The molecule has 1 atom stereocenters. The molecule has 6 heteroatoms. The molecule has 2 N–H and O–H groups in total. The van der Waals surface area contributed by atoms with E-state index in [9.17, 15) is 13.2 Å². The van der Waals surface area contributed by atoms with Crippen LogP contribution in [0.4, 0.5) is 13.2 Å². The Hall–Kier alpha value is -0.850. The van der Waals surface area contributed by atoms with Crippen LogP contribution >= 0.6 is 27.3 Å². The lowest BCUT2D eigenvalue weighted by molar-refractivity contribution is -0.137. The minimum absolute atomic E-state index is 0.118. The summed E-state index contributed by atoms with van der Waals surface area (Å²) in [4.78, 5) is 1.72. The minimum atomic E-state index is -4.35. The highest BCUT2D eigenvalue weighted by atomic mass is 79.9. The Kier molecular flexibility index (Phi) is 4.03. The number of thiophene rings is 1. The minimum Gasteiger partial charge on any atom is -0.324 e. The topological polar surface area (TPSA) is 26.0 Å². The van der Waals surface area contributed by atoms with Crippen molar-refractivity contribution >= 4 is 27.3 Å². The molecule has 1 heterocycles. The highest BCUT2D eigenvalue weighted by Crippen LogP contribution is 2.37. The van der Waals surface area contributed by atoms with Crippen LogP contribution in [0.15, 0.2) is 34.8 Å². The molecule has 2 rings (SSSR count). The van der Waals surface area contributed by atoms with Gasteiger partial charge in [0, 0.05) is 20.3 Å². The van der Waals surface area contributed by atoms with Gasteiger partial charge in [0.15, 0.2) is 0 Å². The summed E-state index contributed by atoms with van der Waals surface area (Å²) >= 11 is 4.53. The lowest BCUT2D eigenvalue weighted by Crippen LogP contribution is -2.04. The van der Waals surface area contributed by atoms with Crippen molar-refractivity contribution in [3.8, 4) is 10.4 Å². The molecule has 0 bridgehead atoms. The maximum Gasteiger partial charge on any atom is 0.416 e. The van der Waals surface area contributed by atoms with Gasteiger partial charge in [0.25, 0.3) is 0 Å². The molecule has 1 aromatic carbocycles. The number of rotatable bonds is 2. The van der Waals surface area contributed by atoms with Crippen LogP contribution in [0.3, 0.4) is 0 Å². The molecule has 1 nitrogen and oxygen atoms in total. The number of hydrogen-bond donors (Lipinski definition) is 1. The van der Waals surface area contributed by atoms with Gasteiger partial charge in [0.05, 0.1) is 5.56 Å². The molecule has 1 aromatic heterocycles. The zero-order valence-corrected chi connectivity index (χ0v) is 12.4.